The van der Waals surface area contributed by atoms with Crippen molar-refractivity contribution in [2.24, 2.45) is 17.8 Å². The molecule has 0 aromatic heterocycles. The third-order valence-corrected chi connectivity index (χ3v) is 12.1. The first kappa shape index (κ1) is 45.3. The lowest BCUT2D eigenvalue weighted by Crippen LogP contribution is -2.61. The monoisotopic (exact) mass is 784 g/mol. The minimum absolute atomic E-state index is 0.129. The quantitative estimate of drug-likeness (QED) is 0.314. The van der Waals surface area contributed by atoms with Crippen molar-refractivity contribution in [3.63, 3.8) is 0 Å². The van der Waals surface area contributed by atoms with Gasteiger partial charge in [0.25, 0.3) is 0 Å². The van der Waals surface area contributed by atoms with Gasteiger partial charge in [0, 0.05) is 52.6 Å². The van der Waals surface area contributed by atoms with Gasteiger partial charge in [-0.05, 0) is 73.4 Å². The van der Waals surface area contributed by atoms with Gasteiger partial charge in [0.2, 0.25) is 17.7 Å². The molecule has 0 bridgehead atoms. The van der Waals surface area contributed by atoms with Crippen molar-refractivity contribution < 1.29 is 57.8 Å². The second kappa shape index (κ2) is 18.4. The minimum atomic E-state index is -1.60. The summed E-state index contributed by atoms with van der Waals surface area (Å²) in [6.07, 6.45) is -4.88. The van der Waals surface area contributed by atoms with Gasteiger partial charge < -0.3 is 58.7 Å². The van der Waals surface area contributed by atoms with Gasteiger partial charge in [0.15, 0.2) is 18.7 Å². The van der Waals surface area contributed by atoms with Crippen molar-refractivity contribution in [3.05, 3.63) is 0 Å². The molecule has 0 radical (unpaired) electrons. The van der Waals surface area contributed by atoms with E-state index in [1.807, 2.05) is 39.8 Å². The molecule has 16 nitrogen and oxygen atoms in total. The maximum absolute atomic E-state index is 14.1. The molecule has 4 saturated heterocycles. The number of rotatable bonds is 7. The largest absolute Gasteiger partial charge is 0.457 e. The van der Waals surface area contributed by atoms with Crippen LogP contribution in [0.15, 0.2) is 0 Å². The SMILES string of the molecule is CO[C@]1(C)C[C@H](O[C@H]2[C@H](C)[C@@H](O[C@@H]3O[C@H](C)C[C@H](N(C)C)[C@H]3O)[C@](C)(O)C[C@@H](C)CN(C)C(=O)[C@@H]3CCCN3C(=O)CNC(=O)[C@@H]2C)O[C@@H](C)[C@@H]1OC(C)=O. The third kappa shape index (κ3) is 10.6. The predicted octanol–water partition coefficient (Wildman–Crippen LogP) is 1.28. The second-order valence-electron chi connectivity index (χ2n) is 17.2. The zero-order chi connectivity index (χ0) is 41.2. The Bertz CT molecular complexity index is 1350. The van der Waals surface area contributed by atoms with Crippen molar-refractivity contribution in [1.29, 1.82) is 0 Å². The number of carbonyl (C=O) groups is 4. The molecule has 3 N–H and O–H groups in total. The van der Waals surface area contributed by atoms with E-state index in [9.17, 15) is 29.4 Å². The van der Waals surface area contributed by atoms with Crippen molar-refractivity contribution in [3.8, 4) is 0 Å². The van der Waals surface area contributed by atoms with Gasteiger partial charge >= 0.3 is 5.97 Å². The van der Waals surface area contributed by atoms with E-state index < -0.39 is 84.1 Å². The highest BCUT2D eigenvalue weighted by Gasteiger charge is 2.52. The number of aliphatic hydroxyl groups is 2. The summed E-state index contributed by atoms with van der Waals surface area (Å²) in [5.74, 6) is -3.46. The van der Waals surface area contributed by atoms with E-state index in [1.54, 1.807) is 39.6 Å². The van der Waals surface area contributed by atoms with Crippen LogP contribution in [0.1, 0.15) is 87.5 Å². The lowest BCUT2D eigenvalue weighted by molar-refractivity contribution is -0.318. The molecular formula is C39H68N4O12. The van der Waals surface area contributed by atoms with E-state index in [0.29, 0.717) is 32.4 Å². The van der Waals surface area contributed by atoms with Crippen LogP contribution >= 0.6 is 0 Å². The lowest BCUT2D eigenvalue weighted by Gasteiger charge is -2.49. The van der Waals surface area contributed by atoms with Gasteiger partial charge in [-0.3, -0.25) is 19.2 Å². The molecule has 0 aliphatic carbocycles. The van der Waals surface area contributed by atoms with E-state index in [-0.39, 0.29) is 49.3 Å². The summed E-state index contributed by atoms with van der Waals surface area (Å²) in [4.78, 5) is 58.3. The molecule has 0 spiro atoms. The highest BCUT2D eigenvalue weighted by molar-refractivity contribution is 5.91. The van der Waals surface area contributed by atoms with Crippen LogP contribution in [0.4, 0.5) is 0 Å². The highest BCUT2D eigenvalue weighted by atomic mass is 16.7. The fourth-order valence-corrected chi connectivity index (χ4v) is 9.26. The topological polar surface area (TPSA) is 186 Å². The predicted molar refractivity (Wildman–Crippen MR) is 200 cm³/mol. The maximum atomic E-state index is 14.1. The average molecular weight is 785 g/mol. The van der Waals surface area contributed by atoms with Gasteiger partial charge in [-0.2, -0.15) is 0 Å². The smallest absolute Gasteiger partial charge is 0.303 e. The van der Waals surface area contributed by atoms with Crippen molar-refractivity contribution in [1.82, 2.24) is 20.0 Å². The first-order valence-corrected chi connectivity index (χ1v) is 19.8. The van der Waals surface area contributed by atoms with Gasteiger partial charge in [-0.1, -0.05) is 20.8 Å². The van der Waals surface area contributed by atoms with E-state index in [2.05, 4.69) is 5.32 Å². The normalized spacial score (nSPS) is 43.0. The summed E-state index contributed by atoms with van der Waals surface area (Å²) in [6.45, 7) is 14.2. The number of nitrogens with zero attached hydrogens (tertiary/aromatic N) is 3. The Hall–Kier alpha value is -2.44. The zero-order valence-corrected chi connectivity index (χ0v) is 35.0. The van der Waals surface area contributed by atoms with Crippen molar-refractivity contribution in [2.45, 2.75) is 160 Å². The molecule has 0 unspecified atom stereocenters. The molecule has 3 amide bonds. The van der Waals surface area contributed by atoms with Crippen LogP contribution in [0, 0.1) is 17.8 Å². The van der Waals surface area contributed by atoms with Crippen LogP contribution in [0.25, 0.3) is 0 Å². The number of likely N-dealkylation sites (N-methyl/N-ethyl adjacent to an activating group) is 2. The summed E-state index contributed by atoms with van der Waals surface area (Å²) in [7, 11) is 6.96. The number of fused-ring (bicyclic) bond motifs is 1. The fourth-order valence-electron chi connectivity index (χ4n) is 9.26. The summed E-state index contributed by atoms with van der Waals surface area (Å²) in [5, 5.41) is 26.9. The Morgan fingerprint density at radius 3 is 2.31 bits per heavy atom. The molecule has 16 heteroatoms. The standard InChI is InChI=1S/C39H68N4O12/c1-21-17-38(7,49)33(55-37-31(46)28(41(9)10)16-22(2)51-37)23(3)32(54-30-18-39(8,50-12)34(25(5)52-30)53-26(6)44)24(4)35(47)40-19-29(45)43-15-13-14-27(43)36(48)42(11)20-21/h21-25,27-28,30-34,37,46,49H,13-20H2,1-12H3,(H,40,47)/t21-,22-,23+,24-,25+,27+,28+,30+,31-,32+,33-,34+,37+,38-,39-/m1/s1. The molecule has 0 aromatic carbocycles. The van der Waals surface area contributed by atoms with E-state index in [1.165, 1.54) is 18.9 Å². The average Bonchev–Trinajstić information content (AvgIpc) is 3.59. The Balaban J connectivity index is 1.77. The third-order valence-electron chi connectivity index (χ3n) is 12.1. The Kier molecular flexibility index (Phi) is 15.2. The highest BCUT2D eigenvalue weighted by Crippen LogP contribution is 2.40. The van der Waals surface area contributed by atoms with Gasteiger partial charge in [-0.15, -0.1) is 0 Å². The number of hydrogen-bond donors (Lipinski definition) is 3. The van der Waals surface area contributed by atoms with Crippen LogP contribution < -0.4 is 5.32 Å². The Labute approximate surface area is 326 Å². The lowest BCUT2D eigenvalue weighted by atomic mass is 9.77. The van der Waals surface area contributed by atoms with Gasteiger partial charge in [0.05, 0.1) is 42.5 Å². The van der Waals surface area contributed by atoms with Crippen molar-refractivity contribution >= 4 is 23.7 Å². The first-order chi connectivity index (χ1) is 25.6. The maximum Gasteiger partial charge on any atom is 0.303 e. The van der Waals surface area contributed by atoms with Crippen LogP contribution in [0.3, 0.4) is 0 Å². The molecule has 4 heterocycles. The summed E-state index contributed by atoms with van der Waals surface area (Å²) in [6, 6.07) is -0.940. The molecule has 4 fully saturated rings. The molecule has 15 atom stereocenters. The Morgan fingerprint density at radius 2 is 1.69 bits per heavy atom. The van der Waals surface area contributed by atoms with Gasteiger partial charge in [-0.25, -0.2) is 0 Å². The molecule has 316 valence electrons. The molecule has 4 aliphatic rings. The molecule has 55 heavy (non-hydrogen) atoms. The van der Waals surface area contributed by atoms with Crippen molar-refractivity contribution in [2.75, 3.05) is 47.9 Å². The minimum Gasteiger partial charge on any atom is -0.457 e. The van der Waals surface area contributed by atoms with E-state index in [4.69, 9.17) is 28.4 Å². The van der Waals surface area contributed by atoms with Gasteiger partial charge in [0.1, 0.15) is 17.7 Å². The van der Waals surface area contributed by atoms with Crippen LogP contribution in [-0.2, 0) is 47.6 Å². The fraction of sp³-hybridized carbons (Fsp3) is 0.897. The van der Waals surface area contributed by atoms with Crippen LogP contribution in [0.2, 0.25) is 0 Å². The summed E-state index contributed by atoms with van der Waals surface area (Å²) < 4.78 is 37.5. The number of aliphatic hydroxyl groups excluding tert-OH is 1. The molecule has 4 rings (SSSR count). The number of nitrogens with one attached hydrogen (secondary N) is 1. The molecule has 4 aliphatic heterocycles. The number of esters is 1. The van der Waals surface area contributed by atoms with Crippen LogP contribution in [0.5, 0.6) is 0 Å². The second-order valence-corrected chi connectivity index (χ2v) is 17.2. The number of carbonyl (C=O) groups excluding carboxylic acids is 4. The first-order valence-electron chi connectivity index (χ1n) is 19.8. The zero-order valence-electron chi connectivity index (χ0n) is 35.0. The number of amides is 3. The number of methoxy groups -OCH3 is 1. The molecule has 0 aromatic rings. The number of hydrogen-bond acceptors (Lipinski definition) is 13. The summed E-state index contributed by atoms with van der Waals surface area (Å²) >= 11 is 0. The molecular weight excluding hydrogens is 716 g/mol. The van der Waals surface area contributed by atoms with E-state index in [0.717, 1.165) is 0 Å². The van der Waals surface area contributed by atoms with E-state index >= 15 is 0 Å². The Morgan fingerprint density at radius 1 is 1.02 bits per heavy atom. The molecule has 0 saturated carbocycles. The number of ether oxygens (including phenoxy) is 6. The van der Waals surface area contributed by atoms with Crippen LogP contribution in [-0.4, -0.2) is 169 Å². The summed E-state index contributed by atoms with van der Waals surface area (Å²) in [5.41, 5.74) is -2.62.